The highest BCUT2D eigenvalue weighted by Crippen LogP contribution is 2.66. The lowest BCUT2D eigenvalue weighted by Crippen LogP contribution is -2.41. The van der Waals surface area contributed by atoms with Gasteiger partial charge in [0.2, 0.25) is 0 Å². The highest BCUT2D eigenvalue weighted by atomic mass is 35.5. The molecule has 3 N–H and O–H groups in total. The van der Waals surface area contributed by atoms with Crippen molar-refractivity contribution >= 4 is 40.1 Å². The maximum Gasteiger partial charge on any atom is 0.411 e. The van der Waals surface area contributed by atoms with E-state index in [2.05, 4.69) is 15.3 Å². The number of alkyl halides is 4. The van der Waals surface area contributed by atoms with Crippen molar-refractivity contribution in [3.63, 3.8) is 0 Å². The lowest BCUT2D eigenvalue weighted by molar-refractivity contribution is -0.174. The van der Waals surface area contributed by atoms with Crippen molar-refractivity contribution in [2.75, 3.05) is 25.2 Å². The number of carbonyl (C=O) groups excluding carboxylic acids is 1. The van der Waals surface area contributed by atoms with E-state index in [1.54, 1.807) is 0 Å². The summed E-state index contributed by atoms with van der Waals surface area (Å²) >= 11 is 6.77. The van der Waals surface area contributed by atoms with E-state index in [0.29, 0.717) is 5.02 Å². The average molecular weight is 521 g/mol. The number of aliphatic imine (C=N–C) groups is 1. The maximum absolute atomic E-state index is 14.9. The first kappa shape index (κ1) is 24.7. The summed E-state index contributed by atoms with van der Waals surface area (Å²) in [6, 6.07) is 6.46. The van der Waals surface area contributed by atoms with Crippen LogP contribution in [0, 0.1) is 11.7 Å². The molecule has 3 atom stereocenters. The van der Waals surface area contributed by atoms with Gasteiger partial charge in [-0.3, -0.25) is 4.79 Å². The number of nitrogens with two attached hydrogens (primary N) is 1. The van der Waals surface area contributed by atoms with Gasteiger partial charge in [0.25, 0.3) is 5.91 Å². The number of ether oxygens (including phenoxy) is 1. The number of hydrogen-bond donors (Lipinski definition) is 2. The Balaban J connectivity index is 1.61. The number of hydrogen-bond acceptors (Lipinski definition) is 6. The van der Waals surface area contributed by atoms with Crippen LogP contribution in [0.5, 0.6) is 0 Å². The first-order chi connectivity index (χ1) is 16.0. The molecule has 0 radical (unpaired) electrons. The number of nitrogens with zero attached hydrogens (tertiary/aromatic N) is 2. The number of carbonyl (C=O) groups is 1. The molecule has 1 aromatic heterocycles. The standard InChI is InChI=1S/C21H18ClF5N4O2S/c22-11-1-4-15(29-7-11)17(32)30-12-2-3-14(24)13(5-12)20(8-23)16-6-19(16,34-18(28)31-20)9-33-10-21(25,26)27/h1-5,7,16H,6,8-10H2,(H2,28,31)(H,30,32)/t16-,19-,20-/m1/s1. The number of nitrogens with one attached hydrogen (secondary N) is 1. The third-order valence-corrected chi connectivity index (χ3v) is 7.18. The second-order valence-electron chi connectivity index (χ2n) is 8.05. The summed E-state index contributed by atoms with van der Waals surface area (Å²) in [5.41, 5.74) is 4.17. The molecule has 2 heterocycles. The monoisotopic (exact) mass is 520 g/mol. The second-order valence-corrected chi connectivity index (χ2v) is 9.92. The van der Waals surface area contributed by atoms with Gasteiger partial charge in [-0.2, -0.15) is 13.2 Å². The van der Waals surface area contributed by atoms with Crippen molar-refractivity contribution in [1.82, 2.24) is 4.98 Å². The number of amidine groups is 1. The SMILES string of the molecule is NC1=N[C@](CF)(c2cc(NC(=O)c3ccc(Cl)cn3)ccc2F)[C@@H]2C[C@]2(COCC(F)(F)F)S1. The highest BCUT2D eigenvalue weighted by Gasteiger charge is 2.68. The van der Waals surface area contributed by atoms with Gasteiger partial charge in [-0.25, -0.2) is 18.8 Å². The molecule has 0 saturated heterocycles. The van der Waals surface area contributed by atoms with E-state index in [9.17, 15) is 26.7 Å². The van der Waals surface area contributed by atoms with Crippen LogP contribution in [0.1, 0.15) is 22.5 Å². The molecule has 1 aliphatic heterocycles. The van der Waals surface area contributed by atoms with Crippen LogP contribution in [0.25, 0.3) is 0 Å². The van der Waals surface area contributed by atoms with Crippen molar-refractivity contribution in [3.05, 3.63) is 58.6 Å². The van der Waals surface area contributed by atoms with Gasteiger partial charge in [0, 0.05) is 23.4 Å². The lowest BCUT2D eigenvalue weighted by Gasteiger charge is -2.35. The number of thioether (sulfide) groups is 1. The van der Waals surface area contributed by atoms with Gasteiger partial charge < -0.3 is 15.8 Å². The van der Waals surface area contributed by atoms with E-state index >= 15 is 0 Å². The van der Waals surface area contributed by atoms with E-state index in [0.717, 1.165) is 17.8 Å². The van der Waals surface area contributed by atoms with E-state index in [4.69, 9.17) is 22.1 Å². The molecule has 1 aromatic carbocycles. The Morgan fingerprint density at radius 2 is 2.09 bits per heavy atom. The minimum Gasteiger partial charge on any atom is -0.378 e. The zero-order valence-electron chi connectivity index (χ0n) is 17.3. The minimum atomic E-state index is -4.52. The third kappa shape index (κ3) is 4.84. The normalized spacial score (nSPS) is 25.9. The van der Waals surface area contributed by atoms with Crippen LogP contribution in [0.2, 0.25) is 5.02 Å². The number of fused-ring (bicyclic) bond motifs is 1. The summed E-state index contributed by atoms with van der Waals surface area (Å²) < 4.78 is 70.9. The number of anilines is 1. The first-order valence-electron chi connectivity index (χ1n) is 9.96. The van der Waals surface area contributed by atoms with Crippen molar-refractivity contribution in [1.29, 1.82) is 0 Å². The van der Waals surface area contributed by atoms with Gasteiger partial charge in [-0.1, -0.05) is 23.4 Å². The molecule has 6 nitrogen and oxygen atoms in total. The van der Waals surface area contributed by atoms with Gasteiger partial charge in [-0.05, 0) is 36.8 Å². The van der Waals surface area contributed by atoms with Crippen LogP contribution in [0.4, 0.5) is 27.6 Å². The molecule has 0 bridgehead atoms. The molecule has 0 unspecified atom stereocenters. The number of aromatic nitrogens is 1. The molecule has 4 rings (SSSR count). The Labute approximate surface area is 200 Å². The molecule has 1 aliphatic carbocycles. The molecule has 1 saturated carbocycles. The summed E-state index contributed by atoms with van der Waals surface area (Å²) in [5.74, 6) is -2.05. The zero-order chi connectivity index (χ0) is 24.7. The molecule has 34 heavy (non-hydrogen) atoms. The summed E-state index contributed by atoms with van der Waals surface area (Å²) in [6.07, 6.45) is -3.00. The van der Waals surface area contributed by atoms with Crippen molar-refractivity contribution in [3.8, 4) is 0 Å². The Kier molecular flexibility index (Phi) is 6.51. The summed E-state index contributed by atoms with van der Waals surface area (Å²) in [6.45, 7) is -2.95. The molecular weight excluding hydrogens is 503 g/mol. The Hall–Kier alpha value is -2.44. The molecule has 2 aliphatic rings. The molecule has 13 heteroatoms. The van der Waals surface area contributed by atoms with Gasteiger partial charge in [0.15, 0.2) is 5.17 Å². The van der Waals surface area contributed by atoms with Crippen LogP contribution in [0.3, 0.4) is 0 Å². The maximum atomic E-state index is 14.9. The number of halogens is 6. The molecule has 1 amide bonds. The van der Waals surface area contributed by atoms with Crippen LogP contribution in [-0.2, 0) is 10.3 Å². The Morgan fingerprint density at radius 3 is 2.74 bits per heavy atom. The predicted octanol–water partition coefficient (Wildman–Crippen LogP) is 4.69. The Bertz CT molecular complexity index is 1130. The second kappa shape index (κ2) is 8.97. The smallest absolute Gasteiger partial charge is 0.378 e. The van der Waals surface area contributed by atoms with Crippen LogP contribution < -0.4 is 11.1 Å². The van der Waals surface area contributed by atoms with Crippen molar-refractivity contribution in [2.45, 2.75) is 22.9 Å². The topological polar surface area (TPSA) is 89.6 Å². The number of benzene rings is 1. The molecule has 2 aromatic rings. The first-order valence-corrected chi connectivity index (χ1v) is 11.2. The number of rotatable bonds is 7. The summed E-state index contributed by atoms with van der Waals surface area (Å²) in [5, 5.41) is 2.81. The van der Waals surface area contributed by atoms with Crippen LogP contribution in [0.15, 0.2) is 41.5 Å². The molecule has 1 fully saturated rings. The fourth-order valence-corrected chi connectivity index (χ4v) is 5.59. The fraction of sp³-hybridized carbons (Fsp3) is 0.381. The van der Waals surface area contributed by atoms with Gasteiger partial charge >= 0.3 is 6.18 Å². The lowest BCUT2D eigenvalue weighted by atomic mass is 9.84. The molecular formula is C21H18ClF5N4O2S. The van der Waals surface area contributed by atoms with Crippen LogP contribution in [-0.4, -0.2) is 46.9 Å². The van der Waals surface area contributed by atoms with Gasteiger partial charge in [0.05, 0.1) is 16.4 Å². The molecule has 182 valence electrons. The van der Waals surface area contributed by atoms with E-state index in [1.165, 1.54) is 30.5 Å². The van der Waals surface area contributed by atoms with Crippen molar-refractivity contribution in [2.24, 2.45) is 16.6 Å². The van der Waals surface area contributed by atoms with Crippen molar-refractivity contribution < 1.29 is 31.5 Å². The quantitative estimate of drug-likeness (QED) is 0.517. The Morgan fingerprint density at radius 1 is 1.32 bits per heavy atom. The third-order valence-electron chi connectivity index (χ3n) is 5.69. The fourth-order valence-electron chi connectivity index (χ4n) is 4.12. The van der Waals surface area contributed by atoms with Gasteiger partial charge in [0.1, 0.15) is 30.3 Å². The summed E-state index contributed by atoms with van der Waals surface area (Å²) in [4.78, 5) is 20.6. The predicted molar refractivity (Wildman–Crippen MR) is 118 cm³/mol. The number of amides is 1. The number of pyridine rings is 1. The highest BCUT2D eigenvalue weighted by molar-refractivity contribution is 8.15. The van der Waals surface area contributed by atoms with E-state index < -0.39 is 47.4 Å². The minimum absolute atomic E-state index is 0.0508. The van der Waals surface area contributed by atoms with Crippen LogP contribution >= 0.6 is 23.4 Å². The van der Waals surface area contributed by atoms with E-state index in [1.807, 2.05) is 0 Å². The molecule has 0 spiro atoms. The van der Waals surface area contributed by atoms with Gasteiger partial charge in [-0.15, -0.1) is 0 Å². The largest absolute Gasteiger partial charge is 0.411 e. The average Bonchev–Trinajstić information content (AvgIpc) is 3.48. The van der Waals surface area contributed by atoms with E-state index in [-0.39, 0.29) is 35.1 Å². The zero-order valence-corrected chi connectivity index (χ0v) is 18.9. The summed E-state index contributed by atoms with van der Waals surface area (Å²) in [7, 11) is 0.